The second-order valence-corrected chi connectivity index (χ2v) is 14.7. The molecule has 11 rings (SSSR count). The highest BCUT2D eigenvalue weighted by atomic mass is 16.3. The summed E-state index contributed by atoms with van der Waals surface area (Å²) in [6.07, 6.45) is 0. The number of oxazole rings is 1. The Bertz CT molecular complexity index is 3280. The van der Waals surface area contributed by atoms with Crippen molar-refractivity contribution in [1.29, 1.82) is 0 Å². The van der Waals surface area contributed by atoms with E-state index >= 15 is 0 Å². The second-order valence-electron chi connectivity index (χ2n) is 14.7. The summed E-state index contributed by atoms with van der Waals surface area (Å²) in [5.74, 6) is 0.628. The van der Waals surface area contributed by atoms with E-state index in [4.69, 9.17) is 9.40 Å². The molecule has 0 amide bonds. The SMILES string of the molecule is c1ccc(-c2nc3ccc4ccc5cc(-c6ccccc6N(c6ccccc6)c6cccc(-c7ccccc7-c7ccccc7)c6)c6ccccc6c5c4c3o2)cc1. The maximum absolute atomic E-state index is 6.64. The van der Waals surface area contributed by atoms with Gasteiger partial charge in [-0.1, -0.05) is 164 Å². The van der Waals surface area contributed by atoms with E-state index in [0.717, 1.165) is 61.0 Å². The van der Waals surface area contributed by atoms with Gasteiger partial charge in [-0.05, 0) is 104 Å². The first-order chi connectivity index (χ1) is 28.8. The number of nitrogens with zero attached hydrogens (tertiary/aromatic N) is 2. The van der Waals surface area contributed by atoms with E-state index in [0.29, 0.717) is 5.89 Å². The van der Waals surface area contributed by atoms with Crippen LogP contribution in [0.3, 0.4) is 0 Å². The first kappa shape index (κ1) is 33.6. The maximum atomic E-state index is 6.64. The molecule has 0 aliphatic carbocycles. The number of hydrogen-bond donors (Lipinski definition) is 0. The number of fused-ring (bicyclic) bond motifs is 7. The second kappa shape index (κ2) is 14.1. The summed E-state index contributed by atoms with van der Waals surface area (Å²) in [5, 5.41) is 6.87. The molecule has 0 spiro atoms. The molecule has 0 saturated heterocycles. The van der Waals surface area contributed by atoms with Gasteiger partial charge >= 0.3 is 0 Å². The molecule has 10 aromatic carbocycles. The molecule has 58 heavy (non-hydrogen) atoms. The average molecular weight is 741 g/mol. The molecule has 0 fully saturated rings. The van der Waals surface area contributed by atoms with Gasteiger partial charge in [-0.15, -0.1) is 0 Å². The van der Waals surface area contributed by atoms with Gasteiger partial charge in [0.25, 0.3) is 0 Å². The summed E-state index contributed by atoms with van der Waals surface area (Å²) in [6, 6.07) is 77.7. The molecule has 0 N–H and O–H groups in total. The number of para-hydroxylation sites is 2. The molecule has 0 atom stereocenters. The van der Waals surface area contributed by atoms with Gasteiger partial charge in [-0.2, -0.15) is 0 Å². The van der Waals surface area contributed by atoms with E-state index in [1.54, 1.807) is 0 Å². The third kappa shape index (κ3) is 5.72. The molecular weight excluding hydrogens is 705 g/mol. The van der Waals surface area contributed by atoms with Gasteiger partial charge in [0.1, 0.15) is 5.52 Å². The van der Waals surface area contributed by atoms with Gasteiger partial charge < -0.3 is 9.32 Å². The van der Waals surface area contributed by atoms with Crippen LogP contribution in [0.1, 0.15) is 0 Å². The van der Waals surface area contributed by atoms with Crippen LogP contribution in [0.4, 0.5) is 17.1 Å². The van der Waals surface area contributed by atoms with Gasteiger partial charge in [-0.25, -0.2) is 4.98 Å². The highest BCUT2D eigenvalue weighted by Crippen LogP contribution is 2.47. The topological polar surface area (TPSA) is 29.3 Å². The molecular formula is C55H36N2O. The Morgan fingerprint density at radius 3 is 1.71 bits per heavy atom. The Balaban J connectivity index is 1.12. The van der Waals surface area contributed by atoms with E-state index in [1.807, 2.05) is 30.3 Å². The van der Waals surface area contributed by atoms with Crippen LogP contribution in [0.15, 0.2) is 223 Å². The standard InChI is InChI=1S/C55H36N2O/c1-4-17-37(18-5-1)44-25-10-11-26-45(44)40-21-16-24-43(35-40)57(42-22-8-3-9-23-42)51-30-15-14-28-47(51)49-36-41-32-31-38-33-34-50-54(58-55(56-50)39-19-6-2-7-20-39)53(38)52(41)48-29-13-12-27-46(48)49/h1-36H. The zero-order valence-electron chi connectivity index (χ0n) is 31.6. The number of benzene rings is 10. The minimum atomic E-state index is 0.628. The van der Waals surface area contributed by atoms with Crippen LogP contribution in [-0.2, 0) is 0 Å². The summed E-state index contributed by atoms with van der Waals surface area (Å²) in [4.78, 5) is 7.34. The molecule has 1 aromatic heterocycles. The summed E-state index contributed by atoms with van der Waals surface area (Å²) in [5.41, 5.74) is 13.0. The zero-order chi connectivity index (χ0) is 38.4. The van der Waals surface area contributed by atoms with Crippen molar-refractivity contribution in [3.63, 3.8) is 0 Å². The fourth-order valence-corrected chi connectivity index (χ4v) is 8.64. The van der Waals surface area contributed by atoms with Gasteiger partial charge in [-0.3, -0.25) is 0 Å². The van der Waals surface area contributed by atoms with Crippen LogP contribution in [0.25, 0.3) is 88.3 Å². The van der Waals surface area contributed by atoms with Gasteiger partial charge in [0.05, 0.1) is 5.69 Å². The molecule has 3 nitrogen and oxygen atoms in total. The van der Waals surface area contributed by atoms with Crippen LogP contribution in [0.5, 0.6) is 0 Å². The van der Waals surface area contributed by atoms with Crippen molar-refractivity contribution in [2.24, 2.45) is 0 Å². The Kier molecular flexibility index (Phi) is 8.15. The number of hydrogen-bond acceptors (Lipinski definition) is 3. The first-order valence-electron chi connectivity index (χ1n) is 19.7. The number of rotatable bonds is 7. The Morgan fingerprint density at radius 2 is 0.931 bits per heavy atom. The van der Waals surface area contributed by atoms with Crippen LogP contribution in [0.2, 0.25) is 0 Å². The Morgan fingerprint density at radius 1 is 0.362 bits per heavy atom. The van der Waals surface area contributed by atoms with Gasteiger partial charge in [0.2, 0.25) is 5.89 Å². The molecule has 0 aliphatic rings. The number of anilines is 3. The van der Waals surface area contributed by atoms with Crippen LogP contribution in [0, 0.1) is 0 Å². The molecule has 11 aromatic rings. The van der Waals surface area contributed by atoms with Crippen molar-refractivity contribution in [3.8, 4) is 44.8 Å². The maximum Gasteiger partial charge on any atom is 0.227 e. The summed E-state index contributed by atoms with van der Waals surface area (Å²) in [7, 11) is 0. The van der Waals surface area contributed by atoms with E-state index in [2.05, 4.69) is 193 Å². The minimum absolute atomic E-state index is 0.628. The summed E-state index contributed by atoms with van der Waals surface area (Å²) < 4.78 is 6.64. The van der Waals surface area contributed by atoms with Crippen LogP contribution in [-0.4, -0.2) is 4.98 Å². The van der Waals surface area contributed by atoms with Gasteiger partial charge in [0.15, 0.2) is 5.58 Å². The number of aromatic nitrogens is 1. The van der Waals surface area contributed by atoms with Crippen molar-refractivity contribution in [2.75, 3.05) is 4.90 Å². The quantitative estimate of drug-likeness (QED) is 0.152. The molecule has 272 valence electrons. The molecule has 0 saturated carbocycles. The van der Waals surface area contributed by atoms with Crippen LogP contribution >= 0.6 is 0 Å². The summed E-state index contributed by atoms with van der Waals surface area (Å²) >= 11 is 0. The fourth-order valence-electron chi connectivity index (χ4n) is 8.64. The molecule has 1 heterocycles. The Hall–Kier alpha value is -7.75. The van der Waals surface area contributed by atoms with Crippen molar-refractivity contribution in [1.82, 2.24) is 4.98 Å². The summed E-state index contributed by atoms with van der Waals surface area (Å²) in [6.45, 7) is 0. The normalized spacial score (nSPS) is 11.4. The molecule has 0 radical (unpaired) electrons. The fraction of sp³-hybridized carbons (Fsp3) is 0. The molecule has 0 bridgehead atoms. The average Bonchev–Trinajstić information content (AvgIpc) is 3.75. The minimum Gasteiger partial charge on any atom is -0.435 e. The third-order valence-electron chi connectivity index (χ3n) is 11.3. The lowest BCUT2D eigenvalue weighted by Gasteiger charge is -2.29. The predicted octanol–water partition coefficient (Wildman–Crippen LogP) is 15.4. The highest BCUT2D eigenvalue weighted by Gasteiger charge is 2.22. The van der Waals surface area contributed by atoms with Crippen molar-refractivity contribution >= 4 is 60.5 Å². The zero-order valence-corrected chi connectivity index (χ0v) is 31.6. The van der Waals surface area contributed by atoms with E-state index in [9.17, 15) is 0 Å². The lowest BCUT2D eigenvalue weighted by atomic mass is 9.89. The van der Waals surface area contributed by atoms with E-state index in [1.165, 1.54) is 38.4 Å². The third-order valence-corrected chi connectivity index (χ3v) is 11.3. The smallest absolute Gasteiger partial charge is 0.227 e. The Labute approximate surface area is 336 Å². The molecule has 0 aliphatic heterocycles. The lowest BCUT2D eigenvalue weighted by molar-refractivity contribution is 0.623. The van der Waals surface area contributed by atoms with E-state index in [-0.39, 0.29) is 0 Å². The van der Waals surface area contributed by atoms with Crippen LogP contribution < -0.4 is 4.90 Å². The lowest BCUT2D eigenvalue weighted by Crippen LogP contribution is -2.11. The van der Waals surface area contributed by atoms with Gasteiger partial charge in [0, 0.05) is 33.3 Å². The highest BCUT2D eigenvalue weighted by molar-refractivity contribution is 6.28. The molecule has 3 heteroatoms. The molecule has 0 unspecified atom stereocenters. The first-order valence-corrected chi connectivity index (χ1v) is 19.7. The van der Waals surface area contributed by atoms with Crippen molar-refractivity contribution in [2.45, 2.75) is 0 Å². The largest absolute Gasteiger partial charge is 0.435 e. The van der Waals surface area contributed by atoms with Crippen molar-refractivity contribution < 1.29 is 4.42 Å². The van der Waals surface area contributed by atoms with E-state index < -0.39 is 0 Å². The predicted molar refractivity (Wildman–Crippen MR) is 243 cm³/mol. The monoisotopic (exact) mass is 740 g/mol. The van der Waals surface area contributed by atoms with Crippen molar-refractivity contribution in [3.05, 3.63) is 218 Å².